The van der Waals surface area contributed by atoms with Gasteiger partial charge in [0.1, 0.15) is 6.10 Å². The number of esters is 1. The Bertz CT molecular complexity index is 227. The maximum atomic E-state index is 10.6. The molecule has 0 amide bonds. The van der Waals surface area contributed by atoms with Crippen LogP contribution in [0.1, 0.15) is 46.5 Å². The molecule has 1 N–H and O–H groups in total. The van der Waals surface area contributed by atoms with Crippen molar-refractivity contribution in [1.82, 2.24) is 0 Å². The first-order chi connectivity index (χ1) is 7.50. The molecule has 1 aliphatic heterocycles. The van der Waals surface area contributed by atoms with Gasteiger partial charge in [-0.15, -0.1) is 0 Å². The Morgan fingerprint density at radius 3 is 2.69 bits per heavy atom. The molecule has 1 aliphatic rings. The van der Waals surface area contributed by atoms with Gasteiger partial charge in [0.25, 0.3) is 0 Å². The normalized spacial score (nSPS) is 25.6. The van der Waals surface area contributed by atoms with Crippen molar-refractivity contribution in [2.75, 3.05) is 0 Å². The topological polar surface area (TPSA) is 59.1 Å². The van der Waals surface area contributed by atoms with Gasteiger partial charge < -0.3 is 14.6 Å². The molecule has 4 heteroatoms. The van der Waals surface area contributed by atoms with Crippen LogP contribution >= 0.6 is 0 Å². The zero-order valence-corrected chi connectivity index (χ0v) is 10.3. The van der Waals surface area contributed by atoms with E-state index in [-0.39, 0.29) is 12.2 Å². The van der Waals surface area contributed by atoms with Crippen LogP contribution in [0.15, 0.2) is 0 Å². The fourth-order valence-corrected chi connectivity index (χ4v) is 1.77. The molecule has 16 heavy (non-hydrogen) atoms. The third-order valence-corrected chi connectivity index (χ3v) is 2.71. The van der Waals surface area contributed by atoms with Gasteiger partial charge >= 0.3 is 5.97 Å². The van der Waals surface area contributed by atoms with E-state index in [0.717, 1.165) is 18.8 Å². The molecule has 1 saturated heterocycles. The lowest BCUT2D eigenvalue weighted by atomic mass is 10.0. The lowest BCUT2D eigenvalue weighted by Gasteiger charge is -2.07. The van der Waals surface area contributed by atoms with Crippen molar-refractivity contribution in [2.24, 2.45) is 5.92 Å². The van der Waals surface area contributed by atoms with E-state index in [2.05, 4.69) is 18.6 Å². The van der Waals surface area contributed by atoms with Crippen molar-refractivity contribution in [3.63, 3.8) is 0 Å². The van der Waals surface area contributed by atoms with Gasteiger partial charge in [0.15, 0.2) is 0 Å². The minimum Gasteiger partial charge on any atom is -0.433 e. The molecule has 0 saturated carbocycles. The highest BCUT2D eigenvalue weighted by molar-refractivity contribution is 5.66. The second-order valence-electron chi connectivity index (χ2n) is 4.82. The fourth-order valence-electron chi connectivity index (χ4n) is 1.77. The number of epoxide rings is 1. The molecule has 4 nitrogen and oxygen atoms in total. The number of aliphatic hydroxyl groups excluding tert-OH is 1. The van der Waals surface area contributed by atoms with Gasteiger partial charge in [-0.25, -0.2) is 0 Å². The summed E-state index contributed by atoms with van der Waals surface area (Å²) in [7, 11) is 0. The third-order valence-electron chi connectivity index (χ3n) is 2.71. The highest BCUT2D eigenvalue weighted by Crippen LogP contribution is 2.30. The first kappa shape index (κ1) is 13.5. The molecule has 0 aromatic heterocycles. The molecular formula is C12H22O4. The van der Waals surface area contributed by atoms with Crippen molar-refractivity contribution >= 4 is 5.97 Å². The standard InChI is InChI=1S/C12H22O4/c1-8(2)6-4-5-7-10-11(16-10)12(14)15-9(3)13/h8,10-12,14H,4-7H2,1-3H3/t10-,11+,12?/m0/s1. The number of carbonyl (C=O) groups excluding carboxylic acids is 1. The summed E-state index contributed by atoms with van der Waals surface area (Å²) in [6.45, 7) is 5.70. The van der Waals surface area contributed by atoms with Gasteiger partial charge in [0.05, 0.1) is 6.10 Å². The smallest absolute Gasteiger partial charge is 0.305 e. The minimum atomic E-state index is -1.09. The Morgan fingerprint density at radius 2 is 2.12 bits per heavy atom. The van der Waals surface area contributed by atoms with Gasteiger partial charge in [0, 0.05) is 6.92 Å². The highest BCUT2D eigenvalue weighted by atomic mass is 16.7. The van der Waals surface area contributed by atoms with Crippen molar-refractivity contribution in [1.29, 1.82) is 0 Å². The lowest BCUT2D eigenvalue weighted by Crippen LogP contribution is -2.23. The second-order valence-corrected chi connectivity index (χ2v) is 4.82. The van der Waals surface area contributed by atoms with E-state index < -0.39 is 12.3 Å². The van der Waals surface area contributed by atoms with Crippen molar-refractivity contribution < 1.29 is 19.4 Å². The van der Waals surface area contributed by atoms with Gasteiger partial charge in [-0.2, -0.15) is 0 Å². The van der Waals surface area contributed by atoms with Crippen LogP contribution in [-0.4, -0.2) is 29.6 Å². The van der Waals surface area contributed by atoms with E-state index in [1.165, 1.54) is 19.8 Å². The quantitative estimate of drug-likeness (QED) is 0.314. The Morgan fingerprint density at radius 1 is 1.44 bits per heavy atom. The van der Waals surface area contributed by atoms with Crippen LogP contribution in [0.4, 0.5) is 0 Å². The largest absolute Gasteiger partial charge is 0.433 e. The van der Waals surface area contributed by atoms with Crippen molar-refractivity contribution in [3.05, 3.63) is 0 Å². The molecule has 0 aliphatic carbocycles. The monoisotopic (exact) mass is 230 g/mol. The van der Waals surface area contributed by atoms with Crippen LogP contribution in [0.5, 0.6) is 0 Å². The van der Waals surface area contributed by atoms with Gasteiger partial charge in [0.2, 0.25) is 6.29 Å². The molecule has 1 rings (SSSR count). The summed E-state index contributed by atoms with van der Waals surface area (Å²) in [4.78, 5) is 10.6. The summed E-state index contributed by atoms with van der Waals surface area (Å²) in [5, 5.41) is 9.41. The van der Waals surface area contributed by atoms with Gasteiger partial charge in [-0.05, 0) is 12.3 Å². The average molecular weight is 230 g/mol. The number of rotatable bonds is 7. The van der Waals surface area contributed by atoms with Crippen molar-refractivity contribution in [3.8, 4) is 0 Å². The summed E-state index contributed by atoms with van der Waals surface area (Å²) in [5.74, 6) is 0.268. The van der Waals surface area contributed by atoms with Crippen LogP contribution in [-0.2, 0) is 14.3 Å². The zero-order chi connectivity index (χ0) is 12.1. The van der Waals surface area contributed by atoms with Crippen LogP contribution < -0.4 is 0 Å². The third kappa shape index (κ3) is 4.94. The summed E-state index contributed by atoms with van der Waals surface area (Å²) < 4.78 is 9.90. The Kier molecular flexibility index (Phi) is 5.22. The molecule has 0 aromatic rings. The second kappa shape index (κ2) is 6.21. The first-order valence-electron chi connectivity index (χ1n) is 6.01. The number of aliphatic hydroxyl groups is 1. The number of unbranched alkanes of at least 4 members (excludes halogenated alkanes) is 1. The molecule has 0 bridgehead atoms. The molecule has 1 unspecified atom stereocenters. The minimum absolute atomic E-state index is 0.0708. The van der Waals surface area contributed by atoms with Gasteiger partial charge in [-0.3, -0.25) is 4.79 Å². The van der Waals surface area contributed by atoms with E-state index in [0.29, 0.717) is 0 Å². The van der Waals surface area contributed by atoms with E-state index in [4.69, 9.17) is 4.74 Å². The van der Waals surface area contributed by atoms with Crippen molar-refractivity contribution in [2.45, 2.75) is 65.0 Å². The predicted molar refractivity (Wildman–Crippen MR) is 59.7 cm³/mol. The molecule has 0 radical (unpaired) electrons. The Hall–Kier alpha value is -0.610. The van der Waals surface area contributed by atoms with E-state index in [1.54, 1.807) is 0 Å². The number of hydrogen-bond acceptors (Lipinski definition) is 4. The number of ether oxygens (including phenoxy) is 2. The van der Waals surface area contributed by atoms with Gasteiger partial charge in [-0.1, -0.05) is 33.1 Å². The van der Waals surface area contributed by atoms with E-state index >= 15 is 0 Å². The first-order valence-corrected chi connectivity index (χ1v) is 6.01. The van der Waals surface area contributed by atoms with Crippen LogP contribution in [0.25, 0.3) is 0 Å². The van der Waals surface area contributed by atoms with E-state index in [1.807, 2.05) is 0 Å². The highest BCUT2D eigenvalue weighted by Gasteiger charge is 2.45. The SMILES string of the molecule is CC(=O)OC(O)[C@@H]1O[C@H]1CCCCC(C)C. The molecule has 1 fully saturated rings. The van der Waals surface area contributed by atoms with E-state index in [9.17, 15) is 9.90 Å². The fraction of sp³-hybridized carbons (Fsp3) is 0.917. The summed E-state index contributed by atoms with van der Waals surface area (Å²) >= 11 is 0. The van der Waals surface area contributed by atoms with Crippen LogP contribution in [0.3, 0.4) is 0 Å². The molecule has 0 aromatic carbocycles. The summed E-state index contributed by atoms with van der Waals surface area (Å²) in [6.07, 6.45) is 3.14. The zero-order valence-electron chi connectivity index (χ0n) is 10.3. The molecule has 1 heterocycles. The lowest BCUT2D eigenvalue weighted by molar-refractivity contribution is -0.168. The molecule has 3 atom stereocenters. The molecular weight excluding hydrogens is 208 g/mol. The predicted octanol–water partition coefficient (Wildman–Crippen LogP) is 1.85. The maximum Gasteiger partial charge on any atom is 0.305 e. The molecule has 94 valence electrons. The molecule has 0 spiro atoms. The summed E-state index contributed by atoms with van der Waals surface area (Å²) in [6, 6.07) is 0. The Labute approximate surface area is 96.9 Å². The Balaban J connectivity index is 2.03. The number of carbonyl (C=O) groups is 1. The average Bonchev–Trinajstić information content (AvgIpc) is 2.90. The van der Waals surface area contributed by atoms with Crippen LogP contribution in [0.2, 0.25) is 0 Å². The van der Waals surface area contributed by atoms with Crippen LogP contribution in [0, 0.1) is 5.92 Å². The number of hydrogen-bond donors (Lipinski definition) is 1. The maximum absolute atomic E-state index is 10.6. The summed E-state index contributed by atoms with van der Waals surface area (Å²) in [5.41, 5.74) is 0.